The summed E-state index contributed by atoms with van der Waals surface area (Å²) in [5.74, 6) is -0.891. The van der Waals surface area contributed by atoms with E-state index < -0.39 is 99.0 Å². The van der Waals surface area contributed by atoms with E-state index >= 15 is 0 Å². The van der Waals surface area contributed by atoms with Crippen LogP contribution in [0.5, 0.6) is 0 Å². The summed E-state index contributed by atoms with van der Waals surface area (Å²) in [6.45, 7) is -1.75. The third kappa shape index (κ3) is 4.75. The van der Waals surface area contributed by atoms with Crippen LogP contribution in [-0.4, -0.2) is 139 Å². The molecule has 14 nitrogen and oxygen atoms in total. The van der Waals surface area contributed by atoms with Gasteiger partial charge in [-0.2, -0.15) is 0 Å². The molecule has 4 rings (SSSR count). The molecule has 2 saturated heterocycles. The van der Waals surface area contributed by atoms with E-state index in [9.17, 15) is 46.0 Å². The Labute approximate surface area is 199 Å². The highest BCUT2D eigenvalue weighted by atomic mass is 16.8. The molecule has 0 spiro atoms. The fraction of sp³-hybridized carbons (Fsp3) is 0.810. The fourth-order valence-corrected chi connectivity index (χ4v) is 4.87. The minimum Gasteiger partial charge on any atom is -0.472 e. The average molecular weight is 508 g/mol. The molecule has 2 fully saturated rings. The van der Waals surface area contributed by atoms with Gasteiger partial charge in [0.15, 0.2) is 12.6 Å². The smallest absolute Gasteiger partial charge is 0.211 e. The second-order valence-electron chi connectivity index (χ2n) is 9.03. The van der Waals surface area contributed by atoms with Crippen molar-refractivity contribution in [2.75, 3.05) is 19.8 Å². The van der Waals surface area contributed by atoms with E-state index in [1.54, 1.807) is 6.08 Å². The molecule has 4 aliphatic rings. The van der Waals surface area contributed by atoms with Gasteiger partial charge < -0.3 is 69.6 Å². The molecule has 13 unspecified atom stereocenters. The van der Waals surface area contributed by atoms with Crippen molar-refractivity contribution in [3.8, 4) is 0 Å². The van der Waals surface area contributed by atoms with Crippen molar-refractivity contribution in [2.24, 2.45) is 5.92 Å². The Morgan fingerprint density at radius 1 is 0.771 bits per heavy atom. The topological polar surface area (TPSA) is 228 Å². The fourth-order valence-electron chi connectivity index (χ4n) is 4.87. The second kappa shape index (κ2) is 10.6. The summed E-state index contributed by atoms with van der Waals surface area (Å²) < 4.78 is 28.3. The third-order valence-electron chi connectivity index (χ3n) is 6.93. The number of hydrogen-bond donors (Lipinski definition) is 9. The summed E-state index contributed by atoms with van der Waals surface area (Å²) in [5, 5.41) is 89.8. The number of rotatable bonds is 7. The minimum atomic E-state index is -1.70. The molecule has 0 bridgehead atoms. The molecule has 200 valence electrons. The first kappa shape index (κ1) is 26.8. The van der Waals surface area contributed by atoms with Gasteiger partial charge in [0.1, 0.15) is 54.4 Å². The largest absolute Gasteiger partial charge is 0.472 e. The maximum atomic E-state index is 10.4. The number of aliphatic hydroxyl groups is 9. The van der Waals surface area contributed by atoms with E-state index in [1.807, 2.05) is 0 Å². The van der Waals surface area contributed by atoms with E-state index in [4.69, 9.17) is 23.7 Å². The van der Waals surface area contributed by atoms with Gasteiger partial charge in [-0.1, -0.05) is 6.08 Å². The van der Waals surface area contributed by atoms with Gasteiger partial charge in [-0.05, 0) is 18.1 Å². The highest BCUT2D eigenvalue weighted by Crippen LogP contribution is 2.47. The van der Waals surface area contributed by atoms with Crippen LogP contribution in [0, 0.1) is 5.92 Å². The summed E-state index contributed by atoms with van der Waals surface area (Å²) >= 11 is 0. The monoisotopic (exact) mass is 508 g/mol. The van der Waals surface area contributed by atoms with Crippen LogP contribution in [0.15, 0.2) is 24.0 Å². The quantitative estimate of drug-likeness (QED) is 0.147. The molecule has 35 heavy (non-hydrogen) atoms. The Hall–Kier alpha value is -1.24. The summed E-state index contributed by atoms with van der Waals surface area (Å²) in [5.41, 5.74) is -0.934. The maximum absolute atomic E-state index is 10.4. The zero-order chi connectivity index (χ0) is 25.5. The van der Waals surface area contributed by atoms with E-state index in [1.165, 1.54) is 12.3 Å². The normalized spacial score (nSPS) is 49.9. The van der Waals surface area contributed by atoms with Crippen LogP contribution in [0.25, 0.3) is 0 Å². The summed E-state index contributed by atoms with van der Waals surface area (Å²) in [4.78, 5) is 0. The molecular weight excluding hydrogens is 476 g/mol. The van der Waals surface area contributed by atoms with Gasteiger partial charge >= 0.3 is 0 Å². The SMILES string of the molecule is OCC1=CCC2(OC3OC(CO)C(O)C(O)C3O)C=COC(OC3OC(CO)C(O)C(O)C3O)C12. The van der Waals surface area contributed by atoms with Gasteiger partial charge in [0, 0.05) is 0 Å². The predicted octanol–water partition coefficient (Wildman–Crippen LogP) is -4.83. The lowest BCUT2D eigenvalue weighted by Crippen LogP contribution is -2.62. The molecule has 3 heterocycles. The van der Waals surface area contributed by atoms with Crippen LogP contribution >= 0.6 is 0 Å². The second-order valence-corrected chi connectivity index (χ2v) is 9.03. The van der Waals surface area contributed by atoms with Crippen molar-refractivity contribution in [3.63, 3.8) is 0 Å². The van der Waals surface area contributed by atoms with E-state index in [0.717, 1.165) is 0 Å². The minimum absolute atomic E-state index is 0.150. The standard InChI is InChI=1S/C21H32O14/c22-5-8-1-2-21(35-20-17(30)15(28)13(26)10(7-24)33-20)3-4-31-18(11(8)21)34-19-16(29)14(27)12(25)9(6-23)32-19/h1,3-4,9-20,22-30H,2,5-7H2. The Morgan fingerprint density at radius 2 is 1.34 bits per heavy atom. The van der Waals surface area contributed by atoms with Gasteiger partial charge in [0.2, 0.25) is 6.29 Å². The first-order valence-electron chi connectivity index (χ1n) is 11.2. The Balaban J connectivity index is 1.56. The first-order chi connectivity index (χ1) is 16.7. The number of aliphatic hydroxyl groups excluding tert-OH is 9. The van der Waals surface area contributed by atoms with Crippen molar-refractivity contribution in [1.82, 2.24) is 0 Å². The maximum Gasteiger partial charge on any atom is 0.211 e. The molecule has 13 atom stereocenters. The van der Waals surface area contributed by atoms with Crippen molar-refractivity contribution in [3.05, 3.63) is 24.0 Å². The molecule has 0 aromatic heterocycles. The van der Waals surface area contributed by atoms with Gasteiger partial charge in [-0.3, -0.25) is 0 Å². The van der Waals surface area contributed by atoms with Crippen LogP contribution in [0.1, 0.15) is 6.42 Å². The van der Waals surface area contributed by atoms with Crippen LogP contribution in [0.2, 0.25) is 0 Å². The summed E-state index contributed by atoms with van der Waals surface area (Å²) in [6.07, 6.45) is -12.1. The molecule has 1 aliphatic carbocycles. The van der Waals surface area contributed by atoms with Gasteiger partial charge in [-0.25, -0.2) is 0 Å². The van der Waals surface area contributed by atoms with Gasteiger partial charge in [0.05, 0.1) is 32.0 Å². The van der Waals surface area contributed by atoms with Crippen LogP contribution in [-0.2, 0) is 23.7 Å². The lowest BCUT2D eigenvalue weighted by Gasteiger charge is -2.48. The molecule has 0 aromatic carbocycles. The first-order valence-corrected chi connectivity index (χ1v) is 11.2. The lowest BCUT2D eigenvalue weighted by molar-refractivity contribution is -0.358. The Bertz CT molecular complexity index is 788. The lowest BCUT2D eigenvalue weighted by atomic mass is 9.84. The van der Waals surface area contributed by atoms with E-state index in [2.05, 4.69) is 0 Å². The average Bonchev–Trinajstić information content (AvgIpc) is 3.24. The zero-order valence-corrected chi connectivity index (χ0v) is 18.6. The predicted molar refractivity (Wildman–Crippen MR) is 110 cm³/mol. The highest BCUT2D eigenvalue weighted by molar-refractivity contribution is 5.30. The third-order valence-corrected chi connectivity index (χ3v) is 6.93. The Morgan fingerprint density at radius 3 is 1.91 bits per heavy atom. The van der Waals surface area contributed by atoms with Gasteiger partial charge in [-0.15, -0.1) is 0 Å². The molecular formula is C21H32O14. The molecule has 0 radical (unpaired) electrons. The van der Waals surface area contributed by atoms with E-state index in [-0.39, 0.29) is 6.42 Å². The van der Waals surface area contributed by atoms with Crippen molar-refractivity contribution < 1.29 is 69.6 Å². The van der Waals surface area contributed by atoms with Crippen LogP contribution in [0.3, 0.4) is 0 Å². The van der Waals surface area contributed by atoms with E-state index in [0.29, 0.717) is 5.57 Å². The number of fused-ring (bicyclic) bond motifs is 1. The molecule has 0 saturated carbocycles. The molecule has 0 aromatic rings. The summed E-state index contributed by atoms with van der Waals surface area (Å²) in [6, 6.07) is 0. The molecule has 0 amide bonds. The van der Waals surface area contributed by atoms with Crippen molar-refractivity contribution >= 4 is 0 Å². The highest BCUT2D eigenvalue weighted by Gasteiger charge is 2.56. The number of hydrogen-bond acceptors (Lipinski definition) is 14. The van der Waals surface area contributed by atoms with Crippen molar-refractivity contribution in [2.45, 2.75) is 79.7 Å². The summed E-state index contributed by atoms with van der Waals surface area (Å²) in [7, 11) is 0. The molecule has 14 heteroatoms. The number of ether oxygens (including phenoxy) is 5. The molecule has 9 N–H and O–H groups in total. The Kier molecular flexibility index (Phi) is 8.14. The van der Waals surface area contributed by atoms with Crippen LogP contribution in [0.4, 0.5) is 0 Å². The van der Waals surface area contributed by atoms with Crippen molar-refractivity contribution in [1.29, 1.82) is 0 Å². The van der Waals surface area contributed by atoms with Crippen LogP contribution < -0.4 is 0 Å². The zero-order valence-electron chi connectivity index (χ0n) is 18.6. The van der Waals surface area contributed by atoms with Gasteiger partial charge in [0.25, 0.3) is 0 Å². The molecule has 3 aliphatic heterocycles.